The van der Waals surface area contributed by atoms with Crippen LogP contribution in [0.2, 0.25) is 0 Å². The third-order valence-corrected chi connectivity index (χ3v) is 2.70. The first kappa shape index (κ1) is 12.1. The molecule has 1 aromatic carbocycles. The third-order valence-electron chi connectivity index (χ3n) is 2.70. The molecule has 0 aliphatic carbocycles. The summed E-state index contributed by atoms with van der Waals surface area (Å²) in [6.07, 6.45) is 0.570. The Labute approximate surface area is 89.9 Å². The number of rotatable bonds is 4. The zero-order chi connectivity index (χ0) is 11.4. The Kier molecular flexibility index (Phi) is 4.24. The summed E-state index contributed by atoms with van der Waals surface area (Å²) in [6, 6.07) is 5.05. The maximum atomic E-state index is 13.3. The smallest absolute Gasteiger partial charge is 0.126 e. The van der Waals surface area contributed by atoms with Crippen LogP contribution in [0.1, 0.15) is 30.4 Å². The predicted molar refractivity (Wildman–Crippen MR) is 59.2 cm³/mol. The molecule has 2 nitrogen and oxygen atoms in total. The highest BCUT2D eigenvalue weighted by Crippen LogP contribution is 2.23. The van der Waals surface area contributed by atoms with E-state index in [1.165, 1.54) is 6.07 Å². The Balaban J connectivity index is 2.95. The monoisotopic (exact) mass is 211 g/mol. The number of benzene rings is 1. The van der Waals surface area contributed by atoms with E-state index in [9.17, 15) is 4.39 Å². The fourth-order valence-corrected chi connectivity index (χ4v) is 1.71. The highest BCUT2D eigenvalue weighted by atomic mass is 19.1. The van der Waals surface area contributed by atoms with Gasteiger partial charge >= 0.3 is 0 Å². The van der Waals surface area contributed by atoms with Crippen molar-refractivity contribution in [3.05, 3.63) is 35.1 Å². The maximum absolute atomic E-state index is 13.3. The average Bonchev–Trinajstić information content (AvgIpc) is 2.18. The zero-order valence-corrected chi connectivity index (χ0v) is 9.20. The van der Waals surface area contributed by atoms with Gasteiger partial charge in [0.1, 0.15) is 5.82 Å². The lowest BCUT2D eigenvalue weighted by Gasteiger charge is -2.20. The SMILES string of the molecule is Cc1ccc(C(CCO)C(C)N)cc1F. The number of aliphatic hydroxyl groups is 1. The van der Waals surface area contributed by atoms with E-state index in [4.69, 9.17) is 10.8 Å². The van der Waals surface area contributed by atoms with Crippen LogP contribution in [-0.4, -0.2) is 17.8 Å². The van der Waals surface area contributed by atoms with E-state index < -0.39 is 0 Å². The van der Waals surface area contributed by atoms with Gasteiger partial charge in [-0.1, -0.05) is 12.1 Å². The highest BCUT2D eigenvalue weighted by molar-refractivity contribution is 5.27. The van der Waals surface area contributed by atoms with Crippen LogP contribution in [0.4, 0.5) is 4.39 Å². The summed E-state index contributed by atoms with van der Waals surface area (Å²) < 4.78 is 13.3. The number of hydrogen-bond donors (Lipinski definition) is 2. The summed E-state index contributed by atoms with van der Waals surface area (Å²) in [5.74, 6) is -0.193. The number of halogens is 1. The Morgan fingerprint density at radius 2 is 2.13 bits per heavy atom. The summed E-state index contributed by atoms with van der Waals surface area (Å²) in [6.45, 7) is 3.67. The minimum absolute atomic E-state index is 0.0186. The molecule has 1 aromatic rings. The molecule has 15 heavy (non-hydrogen) atoms. The third kappa shape index (κ3) is 3.01. The number of nitrogens with two attached hydrogens (primary N) is 1. The van der Waals surface area contributed by atoms with E-state index in [1.54, 1.807) is 13.0 Å². The second kappa shape index (κ2) is 5.24. The Morgan fingerprint density at radius 1 is 1.47 bits per heavy atom. The quantitative estimate of drug-likeness (QED) is 0.799. The Hall–Kier alpha value is -0.930. The standard InChI is InChI=1S/C12H18FNO/c1-8-3-4-10(7-12(8)13)11(5-6-15)9(2)14/h3-4,7,9,11,15H,5-6,14H2,1-2H3. The molecule has 1 rings (SSSR count). The molecule has 0 aliphatic heterocycles. The lowest BCUT2D eigenvalue weighted by Crippen LogP contribution is -2.25. The van der Waals surface area contributed by atoms with E-state index in [-0.39, 0.29) is 24.4 Å². The van der Waals surface area contributed by atoms with Crippen LogP contribution in [0.5, 0.6) is 0 Å². The molecule has 0 saturated carbocycles. The molecule has 0 amide bonds. The summed E-state index contributed by atoms with van der Waals surface area (Å²) in [4.78, 5) is 0. The topological polar surface area (TPSA) is 46.2 Å². The minimum Gasteiger partial charge on any atom is -0.396 e. The molecule has 0 heterocycles. The molecule has 0 radical (unpaired) electrons. The minimum atomic E-state index is -0.212. The van der Waals surface area contributed by atoms with Crippen LogP contribution in [0, 0.1) is 12.7 Å². The second-order valence-electron chi connectivity index (χ2n) is 3.99. The maximum Gasteiger partial charge on any atom is 0.126 e. The Morgan fingerprint density at radius 3 is 2.60 bits per heavy atom. The van der Waals surface area contributed by atoms with Gasteiger partial charge in [0.25, 0.3) is 0 Å². The summed E-state index contributed by atoms with van der Waals surface area (Å²) in [7, 11) is 0. The second-order valence-corrected chi connectivity index (χ2v) is 3.99. The van der Waals surface area contributed by atoms with Gasteiger partial charge < -0.3 is 10.8 Å². The van der Waals surface area contributed by atoms with Gasteiger partial charge in [-0.05, 0) is 37.5 Å². The van der Waals surface area contributed by atoms with Crippen LogP contribution in [0.3, 0.4) is 0 Å². The average molecular weight is 211 g/mol. The molecule has 3 N–H and O–H groups in total. The van der Waals surface area contributed by atoms with Crippen molar-refractivity contribution in [2.24, 2.45) is 5.73 Å². The number of hydrogen-bond acceptors (Lipinski definition) is 2. The highest BCUT2D eigenvalue weighted by Gasteiger charge is 2.16. The summed E-state index contributed by atoms with van der Waals surface area (Å²) in [5.41, 5.74) is 7.30. The fraction of sp³-hybridized carbons (Fsp3) is 0.500. The van der Waals surface area contributed by atoms with Crippen LogP contribution in [0.25, 0.3) is 0 Å². The van der Waals surface area contributed by atoms with Crippen molar-refractivity contribution in [1.82, 2.24) is 0 Å². The van der Waals surface area contributed by atoms with Gasteiger partial charge in [0.15, 0.2) is 0 Å². The first-order chi connectivity index (χ1) is 7.06. The molecule has 0 bridgehead atoms. The van der Waals surface area contributed by atoms with Gasteiger partial charge in [0.2, 0.25) is 0 Å². The van der Waals surface area contributed by atoms with Crippen molar-refractivity contribution < 1.29 is 9.50 Å². The van der Waals surface area contributed by atoms with E-state index in [0.29, 0.717) is 12.0 Å². The largest absolute Gasteiger partial charge is 0.396 e. The van der Waals surface area contributed by atoms with Crippen LogP contribution in [0.15, 0.2) is 18.2 Å². The van der Waals surface area contributed by atoms with E-state index >= 15 is 0 Å². The van der Waals surface area contributed by atoms with Crippen molar-refractivity contribution in [3.8, 4) is 0 Å². The predicted octanol–water partition coefficient (Wildman–Crippen LogP) is 1.95. The summed E-state index contributed by atoms with van der Waals surface area (Å²) >= 11 is 0. The molecule has 0 saturated heterocycles. The molecular weight excluding hydrogens is 193 g/mol. The molecule has 84 valence electrons. The van der Waals surface area contributed by atoms with Gasteiger partial charge in [0, 0.05) is 18.6 Å². The molecule has 0 aliphatic rings. The number of aryl methyl sites for hydroxylation is 1. The van der Waals surface area contributed by atoms with Crippen molar-refractivity contribution in [3.63, 3.8) is 0 Å². The normalized spacial score (nSPS) is 15.0. The lowest BCUT2D eigenvalue weighted by molar-refractivity contribution is 0.269. The van der Waals surface area contributed by atoms with E-state index in [2.05, 4.69) is 0 Å². The summed E-state index contributed by atoms with van der Waals surface area (Å²) in [5, 5.41) is 8.92. The van der Waals surface area contributed by atoms with Crippen molar-refractivity contribution in [2.75, 3.05) is 6.61 Å². The van der Waals surface area contributed by atoms with Gasteiger partial charge in [-0.3, -0.25) is 0 Å². The molecular formula is C12H18FNO. The van der Waals surface area contributed by atoms with Gasteiger partial charge in [-0.2, -0.15) is 0 Å². The van der Waals surface area contributed by atoms with Crippen molar-refractivity contribution in [1.29, 1.82) is 0 Å². The van der Waals surface area contributed by atoms with Crippen LogP contribution in [-0.2, 0) is 0 Å². The fourth-order valence-electron chi connectivity index (χ4n) is 1.71. The molecule has 2 unspecified atom stereocenters. The van der Waals surface area contributed by atoms with E-state index in [1.807, 2.05) is 13.0 Å². The van der Waals surface area contributed by atoms with Crippen molar-refractivity contribution in [2.45, 2.75) is 32.2 Å². The Bertz CT molecular complexity index is 325. The molecule has 0 fully saturated rings. The van der Waals surface area contributed by atoms with Crippen LogP contribution >= 0.6 is 0 Å². The van der Waals surface area contributed by atoms with Gasteiger partial charge in [-0.25, -0.2) is 4.39 Å². The van der Waals surface area contributed by atoms with Crippen molar-refractivity contribution >= 4 is 0 Å². The first-order valence-electron chi connectivity index (χ1n) is 5.18. The van der Waals surface area contributed by atoms with Gasteiger partial charge in [-0.15, -0.1) is 0 Å². The molecule has 2 atom stereocenters. The number of aliphatic hydroxyl groups excluding tert-OH is 1. The first-order valence-corrected chi connectivity index (χ1v) is 5.18. The van der Waals surface area contributed by atoms with Crippen LogP contribution < -0.4 is 5.73 Å². The van der Waals surface area contributed by atoms with Gasteiger partial charge in [0.05, 0.1) is 0 Å². The zero-order valence-electron chi connectivity index (χ0n) is 9.20. The molecule has 0 spiro atoms. The lowest BCUT2D eigenvalue weighted by atomic mass is 9.89. The molecule has 0 aromatic heterocycles. The molecule has 3 heteroatoms. The van der Waals surface area contributed by atoms with E-state index in [0.717, 1.165) is 5.56 Å².